The standard InChI is InChI=1S/C18H21N3O2/c1-3-9-20(10-4-2)13-16-11-17(22)18(23)14-21(16)12-15-5-7-19-8-6-15/h3-8,11,14,23H,1-2,9-10,12-13H2. The van der Waals surface area contributed by atoms with Crippen molar-refractivity contribution in [1.82, 2.24) is 14.5 Å². The van der Waals surface area contributed by atoms with Crippen LogP contribution in [0.5, 0.6) is 5.75 Å². The van der Waals surface area contributed by atoms with Gasteiger partial charge in [-0.05, 0) is 17.7 Å². The third-order valence-corrected chi connectivity index (χ3v) is 3.46. The van der Waals surface area contributed by atoms with E-state index in [2.05, 4.69) is 23.0 Å². The second kappa shape index (κ2) is 8.10. The van der Waals surface area contributed by atoms with E-state index in [-0.39, 0.29) is 11.2 Å². The first-order valence-electron chi connectivity index (χ1n) is 7.39. The van der Waals surface area contributed by atoms with E-state index in [1.54, 1.807) is 12.4 Å². The van der Waals surface area contributed by atoms with Gasteiger partial charge in [0.1, 0.15) is 0 Å². The summed E-state index contributed by atoms with van der Waals surface area (Å²) in [5.74, 6) is -0.248. The molecule has 0 spiro atoms. The van der Waals surface area contributed by atoms with E-state index in [1.807, 2.05) is 28.9 Å². The maximum absolute atomic E-state index is 11.8. The van der Waals surface area contributed by atoms with E-state index in [0.717, 1.165) is 11.3 Å². The molecule has 0 saturated carbocycles. The number of aromatic hydroxyl groups is 1. The Hall–Kier alpha value is -2.66. The lowest BCUT2D eigenvalue weighted by atomic mass is 10.2. The van der Waals surface area contributed by atoms with Gasteiger partial charge >= 0.3 is 0 Å². The Morgan fingerprint density at radius 1 is 1.22 bits per heavy atom. The summed E-state index contributed by atoms with van der Waals surface area (Å²) in [5.41, 5.74) is 1.50. The Morgan fingerprint density at radius 3 is 2.48 bits per heavy atom. The predicted molar refractivity (Wildman–Crippen MR) is 91.4 cm³/mol. The van der Waals surface area contributed by atoms with Gasteiger partial charge in [-0.25, -0.2) is 0 Å². The van der Waals surface area contributed by atoms with Crippen molar-refractivity contribution >= 4 is 0 Å². The molecule has 5 heteroatoms. The molecule has 0 aliphatic carbocycles. The topological polar surface area (TPSA) is 58.4 Å². The van der Waals surface area contributed by atoms with Crippen LogP contribution in [0, 0.1) is 0 Å². The van der Waals surface area contributed by atoms with Gasteiger partial charge in [-0.15, -0.1) is 13.2 Å². The van der Waals surface area contributed by atoms with Gasteiger partial charge in [-0.3, -0.25) is 14.7 Å². The van der Waals surface area contributed by atoms with Crippen molar-refractivity contribution in [3.63, 3.8) is 0 Å². The molecule has 0 radical (unpaired) electrons. The molecule has 0 atom stereocenters. The molecule has 0 unspecified atom stereocenters. The van der Waals surface area contributed by atoms with Crippen LogP contribution in [0.2, 0.25) is 0 Å². The first-order valence-corrected chi connectivity index (χ1v) is 7.39. The highest BCUT2D eigenvalue weighted by molar-refractivity contribution is 5.22. The third-order valence-electron chi connectivity index (χ3n) is 3.46. The quantitative estimate of drug-likeness (QED) is 0.759. The minimum Gasteiger partial charge on any atom is -0.503 e. The SMILES string of the molecule is C=CCN(CC=C)Cc1cc(=O)c(O)cn1Cc1ccncc1. The first kappa shape index (κ1) is 16.7. The van der Waals surface area contributed by atoms with Crippen LogP contribution < -0.4 is 5.43 Å². The number of aromatic nitrogens is 2. The lowest BCUT2D eigenvalue weighted by Crippen LogP contribution is -2.26. The Morgan fingerprint density at radius 2 is 1.87 bits per heavy atom. The summed E-state index contributed by atoms with van der Waals surface area (Å²) in [6.45, 7) is 10.0. The van der Waals surface area contributed by atoms with Crippen LogP contribution in [0.1, 0.15) is 11.3 Å². The number of nitrogens with zero attached hydrogens (tertiary/aromatic N) is 3. The predicted octanol–water partition coefficient (Wildman–Crippen LogP) is 2.17. The van der Waals surface area contributed by atoms with Crippen molar-refractivity contribution in [2.24, 2.45) is 0 Å². The summed E-state index contributed by atoms with van der Waals surface area (Å²) in [6, 6.07) is 5.30. The smallest absolute Gasteiger partial charge is 0.223 e. The van der Waals surface area contributed by atoms with Crippen LogP contribution in [-0.2, 0) is 13.1 Å². The Balaban J connectivity index is 2.32. The number of hydrogen-bond acceptors (Lipinski definition) is 4. The molecule has 2 rings (SSSR count). The number of pyridine rings is 2. The molecule has 0 aliphatic rings. The van der Waals surface area contributed by atoms with Crippen LogP contribution >= 0.6 is 0 Å². The maximum Gasteiger partial charge on any atom is 0.223 e. The molecule has 0 saturated heterocycles. The molecule has 120 valence electrons. The van der Waals surface area contributed by atoms with Crippen molar-refractivity contribution in [2.75, 3.05) is 13.1 Å². The lowest BCUT2D eigenvalue weighted by molar-refractivity contribution is 0.316. The molecule has 23 heavy (non-hydrogen) atoms. The summed E-state index contributed by atoms with van der Waals surface area (Å²) in [4.78, 5) is 17.9. The Kier molecular flexibility index (Phi) is 5.88. The second-order valence-electron chi connectivity index (χ2n) is 5.27. The average molecular weight is 311 g/mol. The fourth-order valence-electron chi connectivity index (χ4n) is 2.37. The monoisotopic (exact) mass is 311 g/mol. The van der Waals surface area contributed by atoms with Gasteiger partial charge in [0.25, 0.3) is 0 Å². The number of hydrogen-bond donors (Lipinski definition) is 1. The zero-order chi connectivity index (χ0) is 16.7. The Bertz CT molecular complexity index is 713. The molecule has 2 aromatic heterocycles. The van der Waals surface area contributed by atoms with Gasteiger partial charge < -0.3 is 9.67 Å². The Labute approximate surface area is 135 Å². The van der Waals surface area contributed by atoms with Crippen LogP contribution in [0.15, 0.2) is 66.9 Å². The van der Waals surface area contributed by atoms with Crippen molar-refractivity contribution in [3.05, 3.63) is 83.6 Å². The number of rotatable bonds is 8. The molecule has 1 N–H and O–H groups in total. The zero-order valence-electron chi connectivity index (χ0n) is 13.1. The summed E-state index contributed by atoms with van der Waals surface area (Å²) in [6.07, 6.45) is 8.56. The molecular formula is C18H21N3O2. The molecule has 5 nitrogen and oxygen atoms in total. The first-order chi connectivity index (χ1) is 11.1. The molecular weight excluding hydrogens is 290 g/mol. The van der Waals surface area contributed by atoms with Gasteiger partial charge in [-0.1, -0.05) is 12.2 Å². The maximum atomic E-state index is 11.8. The fourth-order valence-corrected chi connectivity index (χ4v) is 2.37. The molecule has 0 fully saturated rings. The summed E-state index contributed by atoms with van der Waals surface area (Å²) in [7, 11) is 0. The molecule has 0 aliphatic heterocycles. The van der Waals surface area contributed by atoms with E-state index < -0.39 is 0 Å². The molecule has 2 heterocycles. The van der Waals surface area contributed by atoms with Crippen LogP contribution in [0.4, 0.5) is 0 Å². The minimum atomic E-state index is -0.372. The van der Waals surface area contributed by atoms with Gasteiger partial charge in [0.05, 0.1) is 6.20 Å². The van der Waals surface area contributed by atoms with Crippen molar-refractivity contribution in [2.45, 2.75) is 13.1 Å². The van der Waals surface area contributed by atoms with E-state index in [9.17, 15) is 9.90 Å². The van der Waals surface area contributed by atoms with Gasteiger partial charge in [0.2, 0.25) is 5.43 Å². The highest BCUT2D eigenvalue weighted by Crippen LogP contribution is 2.11. The van der Waals surface area contributed by atoms with Gasteiger partial charge in [0.15, 0.2) is 5.75 Å². The minimum absolute atomic E-state index is 0.248. The molecule has 0 amide bonds. The molecule has 0 aromatic carbocycles. The summed E-state index contributed by atoms with van der Waals surface area (Å²) >= 11 is 0. The summed E-state index contributed by atoms with van der Waals surface area (Å²) in [5, 5.41) is 9.75. The van der Waals surface area contributed by atoms with Gasteiger partial charge in [-0.2, -0.15) is 0 Å². The van der Waals surface area contributed by atoms with Crippen molar-refractivity contribution in [1.29, 1.82) is 0 Å². The zero-order valence-corrected chi connectivity index (χ0v) is 13.1. The van der Waals surface area contributed by atoms with Crippen LogP contribution in [0.3, 0.4) is 0 Å². The van der Waals surface area contributed by atoms with E-state index in [4.69, 9.17) is 0 Å². The second-order valence-corrected chi connectivity index (χ2v) is 5.27. The molecule has 0 bridgehead atoms. The van der Waals surface area contributed by atoms with Gasteiger partial charge in [0, 0.05) is 50.3 Å². The summed E-state index contributed by atoms with van der Waals surface area (Å²) < 4.78 is 1.88. The van der Waals surface area contributed by atoms with E-state index in [1.165, 1.54) is 12.3 Å². The highest BCUT2D eigenvalue weighted by Gasteiger charge is 2.10. The average Bonchev–Trinajstić information content (AvgIpc) is 2.53. The van der Waals surface area contributed by atoms with Crippen LogP contribution in [-0.4, -0.2) is 32.6 Å². The van der Waals surface area contributed by atoms with E-state index in [0.29, 0.717) is 26.2 Å². The normalized spacial score (nSPS) is 10.7. The largest absolute Gasteiger partial charge is 0.503 e. The van der Waals surface area contributed by atoms with E-state index >= 15 is 0 Å². The van der Waals surface area contributed by atoms with Crippen molar-refractivity contribution < 1.29 is 5.11 Å². The fraction of sp³-hybridized carbons (Fsp3) is 0.222. The van der Waals surface area contributed by atoms with Crippen LogP contribution in [0.25, 0.3) is 0 Å². The lowest BCUT2D eigenvalue weighted by Gasteiger charge is -2.22. The highest BCUT2D eigenvalue weighted by atomic mass is 16.3. The molecule has 2 aromatic rings. The third kappa shape index (κ3) is 4.66. The van der Waals surface area contributed by atoms with Crippen molar-refractivity contribution in [3.8, 4) is 5.75 Å².